The summed E-state index contributed by atoms with van der Waals surface area (Å²) >= 11 is -2.39. The van der Waals surface area contributed by atoms with Gasteiger partial charge in [-0.1, -0.05) is 13.0 Å². The Labute approximate surface area is 168 Å². The lowest BCUT2D eigenvalue weighted by Gasteiger charge is -2.65. The summed E-state index contributed by atoms with van der Waals surface area (Å²) in [5.41, 5.74) is 1.79. The predicted octanol–water partition coefficient (Wildman–Crippen LogP) is 1.62. The van der Waals surface area contributed by atoms with E-state index in [1.807, 2.05) is 13.2 Å². The average molecular weight is 409 g/mol. The van der Waals surface area contributed by atoms with Crippen LogP contribution in [0.3, 0.4) is 0 Å². The van der Waals surface area contributed by atoms with Crippen LogP contribution >= 0.6 is 0 Å². The van der Waals surface area contributed by atoms with Crippen molar-refractivity contribution in [2.75, 3.05) is 27.2 Å². The molecular weight excluding hydrogens is 380 g/mol. The topological polar surface area (TPSA) is 80.3 Å². The van der Waals surface area contributed by atoms with E-state index >= 15 is 0 Å². The molecule has 2 N–H and O–H groups in total. The van der Waals surface area contributed by atoms with Crippen LogP contribution in [-0.2, 0) is 27.9 Å². The normalized spacial score (nSPS) is 39.2. The third kappa shape index (κ3) is 2.15. The Morgan fingerprint density at radius 3 is 2.96 bits per heavy atom. The number of methoxy groups -OCH3 is 1. The number of piperidine rings is 1. The van der Waals surface area contributed by atoms with Crippen molar-refractivity contribution >= 4 is 11.4 Å². The number of nitrogens with one attached hydrogen (secondary N) is 1. The molecule has 0 amide bonds. The highest BCUT2D eigenvalue weighted by Gasteiger charge is 2.73. The van der Waals surface area contributed by atoms with Gasteiger partial charge in [0.25, 0.3) is 0 Å². The van der Waals surface area contributed by atoms with Gasteiger partial charge in [-0.05, 0) is 57.5 Å². The molecule has 154 valence electrons. The molecule has 2 bridgehead atoms. The molecule has 5 rings (SSSR count). The number of hydrogen-bond acceptors (Lipinski definition) is 6. The molecule has 2 aliphatic heterocycles. The van der Waals surface area contributed by atoms with Crippen LogP contribution < -0.4 is 14.2 Å². The molecule has 0 radical (unpaired) electrons. The molecule has 4 aliphatic rings. The van der Waals surface area contributed by atoms with Gasteiger partial charge in [0, 0.05) is 24.8 Å². The van der Waals surface area contributed by atoms with E-state index in [1.54, 1.807) is 6.07 Å². The number of benzene rings is 1. The zero-order valence-electron chi connectivity index (χ0n) is 16.6. The second-order valence-electron chi connectivity index (χ2n) is 8.48. The Bertz CT molecular complexity index is 835. The molecule has 1 spiro atoms. The molecule has 1 aromatic rings. The molecule has 2 fully saturated rings. The Balaban J connectivity index is 1.76. The summed E-state index contributed by atoms with van der Waals surface area (Å²) in [5.74, 6) is 0.986. The van der Waals surface area contributed by atoms with Crippen LogP contribution in [0, 0.1) is 0 Å². The van der Waals surface area contributed by atoms with Crippen molar-refractivity contribution in [1.82, 2.24) is 10.2 Å². The van der Waals surface area contributed by atoms with E-state index in [4.69, 9.17) is 13.7 Å². The van der Waals surface area contributed by atoms with Crippen molar-refractivity contribution in [2.24, 2.45) is 0 Å². The van der Waals surface area contributed by atoms with E-state index in [-0.39, 0.29) is 29.2 Å². The summed E-state index contributed by atoms with van der Waals surface area (Å²) in [6, 6.07) is 4.31. The van der Waals surface area contributed by atoms with Crippen molar-refractivity contribution in [1.29, 1.82) is 0 Å². The third-order valence-electron chi connectivity index (χ3n) is 7.67. The summed E-state index contributed by atoms with van der Waals surface area (Å²) < 4.78 is 39.0. The van der Waals surface area contributed by atoms with Crippen LogP contribution in [0.4, 0.5) is 0 Å². The third-order valence-corrected chi connectivity index (χ3v) is 7.99. The number of rotatable bonds is 5. The number of nitrogens with zero attached hydrogens (tertiary/aromatic N) is 1. The lowest BCUT2D eigenvalue weighted by atomic mass is 9.48. The minimum absolute atomic E-state index is 0.0803. The summed E-state index contributed by atoms with van der Waals surface area (Å²) in [6.45, 7) is 3.96. The fourth-order valence-corrected chi connectivity index (χ4v) is 7.03. The maximum absolute atomic E-state index is 11.4. The van der Waals surface area contributed by atoms with Crippen LogP contribution in [-0.4, -0.2) is 64.7 Å². The van der Waals surface area contributed by atoms with E-state index in [1.165, 1.54) is 5.56 Å². The van der Waals surface area contributed by atoms with Gasteiger partial charge in [-0.15, -0.1) is 0 Å². The lowest BCUT2D eigenvalue weighted by Crippen LogP contribution is -2.78. The van der Waals surface area contributed by atoms with E-state index in [0.717, 1.165) is 44.3 Å². The molecule has 28 heavy (non-hydrogen) atoms. The standard InChI is InChI=1S/C20H28N2O5S/c1-4-21-13-7-8-20(25-3)15-11-12-5-6-14(27-28(23)24)17-16(12)19(20,18(13)26-17)9-10-22(15)2/h5-6,13,15,18,21H,4,7-11H2,1-3H3,(H,23,24)/t13?,15-,18?,19+,20-/m1/s1. The molecule has 3 unspecified atom stereocenters. The van der Waals surface area contributed by atoms with Crippen LogP contribution in [0.15, 0.2) is 12.1 Å². The molecule has 6 atom stereocenters. The van der Waals surface area contributed by atoms with Crippen molar-refractivity contribution in [3.05, 3.63) is 23.3 Å². The van der Waals surface area contributed by atoms with Gasteiger partial charge in [0.1, 0.15) is 6.10 Å². The van der Waals surface area contributed by atoms with Crippen LogP contribution in [0.1, 0.15) is 37.3 Å². The van der Waals surface area contributed by atoms with Crippen molar-refractivity contribution in [2.45, 2.75) is 61.8 Å². The van der Waals surface area contributed by atoms with Crippen LogP contribution in [0.25, 0.3) is 0 Å². The largest absolute Gasteiger partial charge is 0.483 e. The SMILES string of the molecule is CCNC1CC[C@@]2(OC)[C@H]3Cc4ccc(OS(=O)O)c5c4[C@@]2(CCN3C)C1O5. The Kier molecular flexibility index (Phi) is 4.30. The molecule has 1 saturated heterocycles. The minimum atomic E-state index is -2.39. The molecule has 1 saturated carbocycles. The fraction of sp³-hybridized carbons (Fsp3) is 0.700. The van der Waals surface area contributed by atoms with E-state index in [0.29, 0.717) is 11.5 Å². The zero-order chi connectivity index (χ0) is 19.7. The molecular formula is C20H28N2O5S. The second kappa shape index (κ2) is 6.40. The zero-order valence-corrected chi connectivity index (χ0v) is 17.4. The quantitative estimate of drug-likeness (QED) is 0.717. The average Bonchev–Trinajstić information content (AvgIpc) is 3.03. The fourth-order valence-electron chi connectivity index (χ4n) is 6.74. The van der Waals surface area contributed by atoms with Gasteiger partial charge in [-0.3, -0.25) is 4.55 Å². The summed E-state index contributed by atoms with van der Waals surface area (Å²) in [6.07, 6.45) is 3.68. The maximum Gasteiger partial charge on any atom is 0.357 e. The highest BCUT2D eigenvalue weighted by Crippen LogP contribution is 2.66. The summed E-state index contributed by atoms with van der Waals surface area (Å²) in [7, 11) is 4.03. The number of likely N-dealkylation sites (tertiary alicyclic amines) is 1. The Morgan fingerprint density at radius 1 is 1.43 bits per heavy atom. The number of likely N-dealkylation sites (N-methyl/N-ethyl adjacent to an activating group) is 2. The van der Waals surface area contributed by atoms with Crippen molar-refractivity contribution in [3.63, 3.8) is 0 Å². The Hall–Kier alpha value is -1.19. The molecule has 0 aromatic heterocycles. The van der Waals surface area contributed by atoms with E-state index < -0.39 is 11.4 Å². The summed E-state index contributed by atoms with van der Waals surface area (Å²) in [5, 5.41) is 3.62. The Morgan fingerprint density at radius 2 is 2.25 bits per heavy atom. The van der Waals surface area contributed by atoms with Gasteiger partial charge in [0.05, 0.1) is 11.0 Å². The highest BCUT2D eigenvalue weighted by atomic mass is 32.2. The predicted molar refractivity (Wildman–Crippen MR) is 105 cm³/mol. The van der Waals surface area contributed by atoms with Crippen LogP contribution in [0.5, 0.6) is 11.5 Å². The summed E-state index contributed by atoms with van der Waals surface area (Å²) in [4.78, 5) is 2.44. The first-order chi connectivity index (χ1) is 13.5. The number of ether oxygens (including phenoxy) is 2. The lowest BCUT2D eigenvalue weighted by molar-refractivity contribution is -0.203. The van der Waals surface area contributed by atoms with Gasteiger partial charge in [0.2, 0.25) is 0 Å². The smallest absolute Gasteiger partial charge is 0.357 e. The maximum atomic E-state index is 11.4. The minimum Gasteiger partial charge on any atom is -0.483 e. The van der Waals surface area contributed by atoms with E-state index in [9.17, 15) is 8.76 Å². The van der Waals surface area contributed by atoms with Crippen molar-refractivity contribution < 1.29 is 22.4 Å². The molecule has 2 aliphatic carbocycles. The monoisotopic (exact) mass is 408 g/mol. The second-order valence-corrected chi connectivity index (χ2v) is 9.09. The first-order valence-electron chi connectivity index (χ1n) is 10.1. The van der Waals surface area contributed by atoms with Gasteiger partial charge >= 0.3 is 11.4 Å². The van der Waals surface area contributed by atoms with Crippen LogP contribution in [0.2, 0.25) is 0 Å². The number of hydrogen-bond donors (Lipinski definition) is 2. The molecule has 2 heterocycles. The van der Waals surface area contributed by atoms with Gasteiger partial charge in [-0.2, -0.15) is 4.21 Å². The first-order valence-corrected chi connectivity index (χ1v) is 11.1. The highest BCUT2D eigenvalue weighted by molar-refractivity contribution is 7.74. The van der Waals surface area contributed by atoms with Gasteiger partial charge in [-0.25, -0.2) is 0 Å². The molecule has 7 nitrogen and oxygen atoms in total. The molecule has 1 aromatic carbocycles. The van der Waals surface area contributed by atoms with Crippen molar-refractivity contribution in [3.8, 4) is 11.5 Å². The molecule has 8 heteroatoms. The first kappa shape index (κ1) is 18.8. The van der Waals surface area contributed by atoms with E-state index in [2.05, 4.69) is 24.2 Å². The van der Waals surface area contributed by atoms with Gasteiger partial charge < -0.3 is 23.9 Å². The van der Waals surface area contributed by atoms with Gasteiger partial charge in [0.15, 0.2) is 11.5 Å².